The Bertz CT molecular complexity index is 1100. The summed E-state index contributed by atoms with van der Waals surface area (Å²) < 4.78 is 7.37. The van der Waals surface area contributed by atoms with Gasteiger partial charge < -0.3 is 10.1 Å². The number of pyridine rings is 1. The van der Waals surface area contributed by atoms with Gasteiger partial charge in [-0.15, -0.1) is 0 Å². The second-order valence-corrected chi connectivity index (χ2v) is 9.12. The number of rotatable bonds is 5. The topological polar surface area (TPSA) is 47.0 Å². The molecule has 0 atom stereocenters. The molecule has 1 aliphatic rings. The van der Waals surface area contributed by atoms with E-state index in [-0.39, 0.29) is 0 Å². The highest BCUT2D eigenvalue weighted by Crippen LogP contribution is 2.39. The van der Waals surface area contributed by atoms with Crippen LogP contribution in [0.25, 0.3) is 10.2 Å². The Morgan fingerprint density at radius 2 is 1.73 bits per heavy atom. The monoisotopic (exact) mass is 415 g/mol. The fraction of sp³-hybridized carbons (Fsp3) is 0.280. The predicted molar refractivity (Wildman–Crippen MR) is 124 cm³/mol. The summed E-state index contributed by atoms with van der Waals surface area (Å²) in [5, 5.41) is 4.28. The zero-order valence-corrected chi connectivity index (χ0v) is 17.9. The molecule has 0 aliphatic heterocycles. The van der Waals surface area contributed by atoms with Gasteiger partial charge in [0, 0.05) is 17.4 Å². The number of benzene rings is 2. The van der Waals surface area contributed by atoms with Crippen LogP contribution in [0, 0.1) is 5.92 Å². The van der Waals surface area contributed by atoms with Crippen LogP contribution in [0.5, 0.6) is 11.6 Å². The maximum Gasteiger partial charge on any atom is 0.222 e. The Morgan fingerprint density at radius 1 is 0.933 bits per heavy atom. The fourth-order valence-corrected chi connectivity index (χ4v) is 5.02. The van der Waals surface area contributed by atoms with Gasteiger partial charge in [0.2, 0.25) is 5.88 Å². The van der Waals surface area contributed by atoms with Crippen molar-refractivity contribution >= 4 is 32.4 Å². The van der Waals surface area contributed by atoms with E-state index < -0.39 is 0 Å². The molecular formula is C25H25N3OS. The summed E-state index contributed by atoms with van der Waals surface area (Å²) in [5.41, 5.74) is 3.25. The molecule has 30 heavy (non-hydrogen) atoms. The minimum atomic E-state index is 0.546. The highest BCUT2D eigenvalue weighted by Gasteiger charge is 2.23. The van der Waals surface area contributed by atoms with E-state index in [1.165, 1.54) is 35.9 Å². The number of nitrogens with zero attached hydrogens (tertiary/aromatic N) is 2. The largest absolute Gasteiger partial charge is 0.439 e. The van der Waals surface area contributed by atoms with Crippen LogP contribution in [0.3, 0.4) is 0 Å². The molecule has 0 saturated heterocycles. The molecule has 152 valence electrons. The van der Waals surface area contributed by atoms with Crippen molar-refractivity contribution in [2.75, 3.05) is 5.32 Å². The molecule has 5 rings (SSSR count). The number of anilines is 2. The second-order valence-electron chi connectivity index (χ2n) is 8.09. The van der Waals surface area contributed by atoms with Crippen LogP contribution < -0.4 is 10.1 Å². The molecule has 2 aromatic carbocycles. The lowest BCUT2D eigenvalue weighted by Gasteiger charge is -2.27. The molecule has 4 aromatic rings. The van der Waals surface area contributed by atoms with Crippen molar-refractivity contribution in [2.24, 2.45) is 5.92 Å². The van der Waals surface area contributed by atoms with Crippen molar-refractivity contribution in [3.05, 3.63) is 72.4 Å². The number of ether oxygens (including phenoxy) is 1. The Balaban J connectivity index is 1.29. The molecule has 0 amide bonds. The van der Waals surface area contributed by atoms with Crippen molar-refractivity contribution < 1.29 is 4.74 Å². The molecule has 0 bridgehead atoms. The van der Waals surface area contributed by atoms with Crippen LogP contribution in [0.1, 0.15) is 44.1 Å². The van der Waals surface area contributed by atoms with E-state index in [0.717, 1.165) is 33.9 Å². The van der Waals surface area contributed by atoms with Crippen LogP contribution >= 0.6 is 11.3 Å². The van der Waals surface area contributed by atoms with Gasteiger partial charge in [0.1, 0.15) is 5.75 Å². The number of thiazole rings is 1. The minimum absolute atomic E-state index is 0.546. The molecule has 0 radical (unpaired) electrons. The summed E-state index contributed by atoms with van der Waals surface area (Å²) in [6.45, 7) is 2.35. The number of hydrogen-bond donors (Lipinski definition) is 1. The molecule has 0 unspecified atom stereocenters. The molecule has 1 saturated carbocycles. The molecular weight excluding hydrogens is 390 g/mol. The minimum Gasteiger partial charge on any atom is -0.439 e. The first-order valence-corrected chi connectivity index (χ1v) is 11.4. The zero-order chi connectivity index (χ0) is 20.3. The lowest BCUT2D eigenvalue weighted by atomic mass is 9.80. The average molecular weight is 416 g/mol. The molecule has 0 spiro atoms. The SMILES string of the molecule is CC1CCC(c2cccnc2Oc2ccc(Nc3nc4ccccc4s3)cc2)CC1. The lowest BCUT2D eigenvalue weighted by molar-refractivity contribution is 0.339. The molecule has 1 N–H and O–H groups in total. The van der Waals surface area contributed by atoms with E-state index in [2.05, 4.69) is 34.3 Å². The average Bonchev–Trinajstić information content (AvgIpc) is 3.18. The van der Waals surface area contributed by atoms with Crippen molar-refractivity contribution in [3.63, 3.8) is 0 Å². The van der Waals surface area contributed by atoms with Crippen LogP contribution in [0.15, 0.2) is 66.9 Å². The van der Waals surface area contributed by atoms with E-state index in [1.807, 2.05) is 54.7 Å². The summed E-state index contributed by atoms with van der Waals surface area (Å²) in [7, 11) is 0. The Morgan fingerprint density at radius 3 is 2.53 bits per heavy atom. The first-order valence-electron chi connectivity index (χ1n) is 10.6. The van der Waals surface area contributed by atoms with Crippen LogP contribution in [0.4, 0.5) is 10.8 Å². The van der Waals surface area contributed by atoms with Gasteiger partial charge in [0.15, 0.2) is 5.13 Å². The number of fused-ring (bicyclic) bond motifs is 1. The highest BCUT2D eigenvalue weighted by atomic mass is 32.1. The summed E-state index contributed by atoms with van der Waals surface area (Å²) in [4.78, 5) is 9.17. The standard InChI is InChI=1S/C25H25N3OS/c1-17-8-10-18(11-9-17)21-5-4-16-26-24(21)29-20-14-12-19(13-15-20)27-25-28-22-6-2-3-7-23(22)30-25/h2-7,12-18H,8-11H2,1H3,(H,27,28). The summed E-state index contributed by atoms with van der Waals surface area (Å²) >= 11 is 1.65. The zero-order valence-electron chi connectivity index (χ0n) is 17.0. The normalized spacial score (nSPS) is 19.0. The first kappa shape index (κ1) is 19.1. The van der Waals surface area contributed by atoms with Crippen LogP contribution in [0.2, 0.25) is 0 Å². The second kappa shape index (κ2) is 8.44. The molecule has 5 heteroatoms. The van der Waals surface area contributed by atoms with Gasteiger partial charge in [-0.05, 0) is 67.1 Å². The Hall–Kier alpha value is -2.92. The van der Waals surface area contributed by atoms with E-state index in [4.69, 9.17) is 4.74 Å². The number of para-hydroxylation sites is 1. The van der Waals surface area contributed by atoms with E-state index in [0.29, 0.717) is 5.92 Å². The third-order valence-electron chi connectivity index (χ3n) is 5.87. The number of hydrogen-bond acceptors (Lipinski definition) is 5. The molecule has 4 nitrogen and oxygen atoms in total. The quantitative estimate of drug-likeness (QED) is 0.366. The maximum absolute atomic E-state index is 6.19. The number of aromatic nitrogens is 2. The van der Waals surface area contributed by atoms with Crippen molar-refractivity contribution in [2.45, 2.75) is 38.5 Å². The van der Waals surface area contributed by atoms with E-state index in [9.17, 15) is 0 Å². The maximum atomic E-state index is 6.19. The van der Waals surface area contributed by atoms with Gasteiger partial charge in [0.05, 0.1) is 10.2 Å². The van der Waals surface area contributed by atoms with Gasteiger partial charge in [-0.3, -0.25) is 0 Å². The van der Waals surface area contributed by atoms with Gasteiger partial charge in [-0.2, -0.15) is 0 Å². The third-order valence-corrected chi connectivity index (χ3v) is 6.82. The van der Waals surface area contributed by atoms with E-state index >= 15 is 0 Å². The van der Waals surface area contributed by atoms with Crippen molar-refractivity contribution in [1.29, 1.82) is 0 Å². The summed E-state index contributed by atoms with van der Waals surface area (Å²) in [5.74, 6) is 2.92. The Kier molecular flexibility index (Phi) is 5.37. The van der Waals surface area contributed by atoms with E-state index in [1.54, 1.807) is 11.3 Å². The fourth-order valence-electron chi connectivity index (χ4n) is 4.14. The predicted octanol–water partition coefficient (Wildman–Crippen LogP) is 7.52. The van der Waals surface area contributed by atoms with Crippen molar-refractivity contribution in [3.8, 4) is 11.6 Å². The molecule has 2 aromatic heterocycles. The van der Waals surface area contributed by atoms with Gasteiger partial charge in [-0.1, -0.05) is 49.3 Å². The van der Waals surface area contributed by atoms with Crippen LogP contribution in [-0.4, -0.2) is 9.97 Å². The third kappa shape index (κ3) is 4.17. The number of nitrogens with one attached hydrogen (secondary N) is 1. The van der Waals surface area contributed by atoms with Gasteiger partial charge in [-0.25, -0.2) is 9.97 Å². The Labute approximate surface area is 181 Å². The molecule has 1 aliphatic carbocycles. The summed E-state index contributed by atoms with van der Waals surface area (Å²) in [6.07, 6.45) is 6.81. The first-order chi connectivity index (χ1) is 14.7. The van der Waals surface area contributed by atoms with Gasteiger partial charge in [0.25, 0.3) is 0 Å². The highest BCUT2D eigenvalue weighted by molar-refractivity contribution is 7.22. The smallest absolute Gasteiger partial charge is 0.222 e. The van der Waals surface area contributed by atoms with Crippen LogP contribution in [-0.2, 0) is 0 Å². The molecule has 2 heterocycles. The molecule has 1 fully saturated rings. The summed E-state index contributed by atoms with van der Waals surface area (Å²) in [6, 6.07) is 20.4. The van der Waals surface area contributed by atoms with Gasteiger partial charge >= 0.3 is 0 Å². The lowest BCUT2D eigenvalue weighted by Crippen LogP contribution is -2.12. The van der Waals surface area contributed by atoms with Crippen molar-refractivity contribution in [1.82, 2.24) is 9.97 Å².